The van der Waals surface area contributed by atoms with Gasteiger partial charge in [0.15, 0.2) is 0 Å². The SMILES string of the molecule is Cc1c(C(=O)NC2CC2)cccc1-c1ccc2c(c1)n(Cl)c(=O)n2Cl. The van der Waals surface area contributed by atoms with E-state index in [0.717, 1.165) is 37.7 Å². The molecule has 0 unspecified atom stereocenters. The summed E-state index contributed by atoms with van der Waals surface area (Å²) >= 11 is 12.0. The van der Waals surface area contributed by atoms with Gasteiger partial charge < -0.3 is 5.32 Å². The van der Waals surface area contributed by atoms with Crippen LogP contribution in [0.2, 0.25) is 0 Å². The molecule has 5 nitrogen and oxygen atoms in total. The third-order valence-corrected chi connectivity index (χ3v) is 5.19. The van der Waals surface area contributed by atoms with Gasteiger partial charge in [-0.25, -0.2) is 4.79 Å². The highest BCUT2D eigenvalue weighted by molar-refractivity contribution is 6.23. The van der Waals surface area contributed by atoms with Crippen LogP contribution in [0.1, 0.15) is 28.8 Å². The number of nitrogens with zero attached hydrogens (tertiary/aromatic N) is 2. The smallest absolute Gasteiger partial charge is 0.349 e. The number of rotatable bonds is 3. The number of amides is 1. The van der Waals surface area contributed by atoms with Gasteiger partial charge in [-0.2, -0.15) is 8.17 Å². The van der Waals surface area contributed by atoms with Crippen molar-refractivity contribution in [2.45, 2.75) is 25.8 Å². The third-order valence-electron chi connectivity index (χ3n) is 4.54. The molecule has 128 valence electrons. The standard InChI is InChI=1S/C18H15Cl2N3O2/c1-10-13(3-2-4-14(10)17(24)21-12-6-7-12)11-5-8-15-16(9-11)23(20)18(25)22(15)19/h2-5,8-9,12H,6-7H2,1H3,(H,21,24). The van der Waals surface area contributed by atoms with Crippen LogP contribution in [0.4, 0.5) is 0 Å². The van der Waals surface area contributed by atoms with Crippen LogP contribution in [0.3, 0.4) is 0 Å². The Morgan fingerprint density at radius 1 is 1.12 bits per heavy atom. The highest BCUT2D eigenvalue weighted by Gasteiger charge is 2.25. The lowest BCUT2D eigenvalue weighted by molar-refractivity contribution is 0.0950. The molecule has 7 heteroatoms. The summed E-state index contributed by atoms with van der Waals surface area (Å²) in [5, 5.41) is 3.01. The van der Waals surface area contributed by atoms with E-state index in [-0.39, 0.29) is 5.91 Å². The molecule has 1 amide bonds. The van der Waals surface area contributed by atoms with E-state index in [4.69, 9.17) is 23.6 Å². The zero-order chi connectivity index (χ0) is 17.7. The Hall–Kier alpha value is -2.24. The number of imidazole rings is 1. The normalized spacial score (nSPS) is 14.0. The van der Waals surface area contributed by atoms with Crippen molar-refractivity contribution in [2.75, 3.05) is 0 Å². The molecular formula is C18H15Cl2N3O2. The van der Waals surface area contributed by atoms with E-state index in [0.29, 0.717) is 22.6 Å². The number of hydrogen-bond donors (Lipinski definition) is 1. The molecular weight excluding hydrogens is 361 g/mol. The van der Waals surface area contributed by atoms with Crippen LogP contribution in [0, 0.1) is 6.92 Å². The molecule has 4 rings (SSSR count). The molecule has 0 radical (unpaired) electrons. The molecule has 1 aliphatic carbocycles. The molecule has 25 heavy (non-hydrogen) atoms. The molecule has 1 aromatic heterocycles. The fourth-order valence-corrected chi connectivity index (χ4v) is 3.45. The lowest BCUT2D eigenvalue weighted by Gasteiger charge is -2.12. The van der Waals surface area contributed by atoms with Gasteiger partial charge in [-0.05, 0) is 54.7 Å². The van der Waals surface area contributed by atoms with Crippen molar-refractivity contribution in [3.63, 3.8) is 0 Å². The first-order chi connectivity index (χ1) is 12.0. The number of nitrogens with one attached hydrogen (secondary N) is 1. The second-order valence-corrected chi connectivity index (χ2v) is 6.95. The molecule has 1 saturated carbocycles. The minimum atomic E-state index is -0.509. The average molecular weight is 376 g/mol. The molecule has 0 atom stereocenters. The summed E-state index contributed by atoms with van der Waals surface area (Å²) in [6.07, 6.45) is 2.09. The summed E-state index contributed by atoms with van der Waals surface area (Å²) in [6.45, 7) is 1.92. The minimum absolute atomic E-state index is 0.0518. The maximum absolute atomic E-state index is 12.4. The maximum Gasteiger partial charge on any atom is 0.358 e. The number of carbonyl (C=O) groups excluding carboxylic acids is 1. The largest absolute Gasteiger partial charge is 0.358 e. The summed E-state index contributed by atoms with van der Waals surface area (Å²) in [5.41, 5.74) is 3.86. The van der Waals surface area contributed by atoms with Gasteiger partial charge in [0, 0.05) is 35.2 Å². The van der Waals surface area contributed by atoms with Crippen LogP contribution in [0.5, 0.6) is 0 Å². The van der Waals surface area contributed by atoms with Gasteiger partial charge in [-0.1, -0.05) is 18.2 Å². The zero-order valence-corrected chi connectivity index (χ0v) is 14.9. The number of fused-ring (bicyclic) bond motifs is 1. The quantitative estimate of drug-likeness (QED) is 0.758. The summed E-state index contributed by atoms with van der Waals surface area (Å²) in [6, 6.07) is 11.3. The van der Waals surface area contributed by atoms with Crippen molar-refractivity contribution < 1.29 is 4.79 Å². The van der Waals surface area contributed by atoms with E-state index < -0.39 is 5.69 Å². The number of hydrogen-bond acceptors (Lipinski definition) is 2. The van der Waals surface area contributed by atoms with E-state index >= 15 is 0 Å². The zero-order valence-electron chi connectivity index (χ0n) is 13.4. The first-order valence-electron chi connectivity index (χ1n) is 7.98. The second kappa shape index (κ2) is 5.93. The number of halogens is 2. The van der Waals surface area contributed by atoms with E-state index in [9.17, 15) is 9.59 Å². The first kappa shape index (κ1) is 16.2. The van der Waals surface area contributed by atoms with Gasteiger partial charge in [0.2, 0.25) is 0 Å². The van der Waals surface area contributed by atoms with Gasteiger partial charge in [0.05, 0.1) is 11.0 Å². The molecule has 0 aliphatic heterocycles. The highest BCUT2D eigenvalue weighted by atomic mass is 35.5. The Labute approximate surface area is 154 Å². The second-order valence-electron chi connectivity index (χ2n) is 6.27. The van der Waals surface area contributed by atoms with Crippen molar-refractivity contribution in [3.8, 4) is 11.1 Å². The summed E-state index contributed by atoms with van der Waals surface area (Å²) < 4.78 is 1.98. The predicted molar refractivity (Wildman–Crippen MR) is 99.4 cm³/mol. The maximum atomic E-state index is 12.4. The van der Waals surface area contributed by atoms with Crippen LogP contribution in [0.25, 0.3) is 22.2 Å². The van der Waals surface area contributed by atoms with Crippen molar-refractivity contribution in [1.29, 1.82) is 0 Å². The monoisotopic (exact) mass is 375 g/mol. The lowest BCUT2D eigenvalue weighted by atomic mass is 9.96. The molecule has 2 aromatic carbocycles. The van der Waals surface area contributed by atoms with E-state index in [2.05, 4.69) is 5.32 Å². The Morgan fingerprint density at radius 2 is 1.84 bits per heavy atom. The van der Waals surface area contributed by atoms with Crippen molar-refractivity contribution in [2.24, 2.45) is 0 Å². The Balaban J connectivity index is 1.81. The lowest BCUT2D eigenvalue weighted by Crippen LogP contribution is -2.26. The topological polar surface area (TPSA) is 56.0 Å². The first-order valence-corrected chi connectivity index (χ1v) is 8.65. The van der Waals surface area contributed by atoms with Crippen molar-refractivity contribution in [3.05, 3.63) is 58.0 Å². The summed E-state index contributed by atoms with van der Waals surface area (Å²) in [5.74, 6) is -0.0518. The van der Waals surface area contributed by atoms with Gasteiger partial charge >= 0.3 is 5.69 Å². The molecule has 0 spiro atoms. The average Bonchev–Trinajstić information content (AvgIpc) is 3.40. The van der Waals surface area contributed by atoms with Gasteiger partial charge in [0.1, 0.15) is 0 Å². The summed E-state index contributed by atoms with van der Waals surface area (Å²) in [4.78, 5) is 24.3. The van der Waals surface area contributed by atoms with Crippen LogP contribution in [-0.4, -0.2) is 20.1 Å². The van der Waals surface area contributed by atoms with Gasteiger partial charge in [-0.15, -0.1) is 0 Å². The van der Waals surface area contributed by atoms with Gasteiger partial charge in [0.25, 0.3) is 5.91 Å². The molecule has 1 fully saturated rings. The van der Waals surface area contributed by atoms with Gasteiger partial charge in [-0.3, -0.25) is 4.79 Å². The van der Waals surface area contributed by atoms with Crippen molar-refractivity contribution >= 4 is 40.5 Å². The number of aromatic nitrogens is 2. The Morgan fingerprint density at radius 3 is 2.56 bits per heavy atom. The Kier molecular flexibility index (Phi) is 3.85. The molecule has 3 aromatic rings. The van der Waals surface area contributed by atoms with E-state index in [1.165, 1.54) is 0 Å². The number of carbonyl (C=O) groups is 1. The molecule has 1 N–H and O–H groups in total. The van der Waals surface area contributed by atoms with E-state index in [1.807, 2.05) is 31.2 Å². The fourth-order valence-electron chi connectivity index (χ4n) is 2.98. The predicted octanol–water partition coefficient (Wildman–Crippen LogP) is 3.67. The fraction of sp³-hybridized carbons (Fsp3) is 0.222. The molecule has 1 aliphatic rings. The minimum Gasteiger partial charge on any atom is -0.349 e. The Bertz CT molecular complexity index is 1060. The molecule has 0 bridgehead atoms. The molecule has 0 saturated heterocycles. The van der Waals surface area contributed by atoms with Crippen molar-refractivity contribution in [1.82, 2.24) is 13.5 Å². The number of benzene rings is 2. The van der Waals surface area contributed by atoms with Crippen LogP contribution in [-0.2, 0) is 0 Å². The van der Waals surface area contributed by atoms with Crippen LogP contribution >= 0.6 is 23.6 Å². The summed E-state index contributed by atoms with van der Waals surface area (Å²) in [7, 11) is 0. The van der Waals surface area contributed by atoms with Crippen LogP contribution < -0.4 is 11.0 Å². The van der Waals surface area contributed by atoms with Crippen LogP contribution in [0.15, 0.2) is 41.2 Å². The molecule has 1 heterocycles. The van der Waals surface area contributed by atoms with E-state index in [1.54, 1.807) is 12.1 Å². The highest BCUT2D eigenvalue weighted by Crippen LogP contribution is 2.29. The third kappa shape index (κ3) is 2.73.